The molecule has 2 aromatic rings. The molecule has 0 bridgehead atoms. The first-order valence-electron chi connectivity index (χ1n) is 7.14. The minimum atomic E-state index is -0.0460. The van der Waals surface area contributed by atoms with Crippen molar-refractivity contribution in [2.75, 3.05) is 26.1 Å². The van der Waals surface area contributed by atoms with E-state index in [1.165, 1.54) is 0 Å². The molecular formula is C17H19NO4. The number of fused-ring (bicyclic) bond motifs is 1. The molecule has 3 rings (SSSR count). The van der Waals surface area contributed by atoms with E-state index in [1.54, 1.807) is 26.4 Å². The Labute approximate surface area is 129 Å². The molecular weight excluding hydrogens is 282 g/mol. The summed E-state index contributed by atoms with van der Waals surface area (Å²) in [5.74, 6) is 2.46. The Bertz CT molecular complexity index is 672. The van der Waals surface area contributed by atoms with Gasteiger partial charge in [0.15, 0.2) is 0 Å². The summed E-state index contributed by atoms with van der Waals surface area (Å²) in [5, 5.41) is 12.9. The molecule has 5 heteroatoms. The van der Waals surface area contributed by atoms with E-state index in [-0.39, 0.29) is 11.9 Å². The summed E-state index contributed by atoms with van der Waals surface area (Å²) in [4.78, 5) is 0. The number of hydrogen-bond donors (Lipinski definition) is 2. The van der Waals surface area contributed by atoms with Crippen LogP contribution in [0.15, 0.2) is 36.4 Å². The lowest BCUT2D eigenvalue weighted by Crippen LogP contribution is -2.32. The highest BCUT2D eigenvalue weighted by Gasteiger charge is 2.21. The van der Waals surface area contributed by atoms with Crippen molar-refractivity contribution in [3.05, 3.63) is 42.0 Å². The molecule has 116 valence electrons. The molecule has 2 aromatic carbocycles. The number of phenolic OH excluding ortho intramolecular Hbond substituents is 1. The summed E-state index contributed by atoms with van der Waals surface area (Å²) in [6.45, 7) is 0.693. The smallest absolute Gasteiger partial charge is 0.146 e. The van der Waals surface area contributed by atoms with E-state index in [1.807, 2.05) is 24.3 Å². The maximum absolute atomic E-state index is 9.57. The van der Waals surface area contributed by atoms with Crippen LogP contribution < -0.4 is 19.5 Å². The SMILES string of the molecule is COc1ccc(OC)c(CC2CNc3ccc(O)cc3O2)c1. The maximum atomic E-state index is 9.57. The number of aromatic hydroxyl groups is 1. The molecule has 2 N–H and O–H groups in total. The van der Waals surface area contributed by atoms with Crippen molar-refractivity contribution < 1.29 is 19.3 Å². The van der Waals surface area contributed by atoms with Gasteiger partial charge < -0.3 is 24.6 Å². The van der Waals surface area contributed by atoms with Gasteiger partial charge in [-0.05, 0) is 30.3 Å². The van der Waals surface area contributed by atoms with Crippen LogP contribution in [0.3, 0.4) is 0 Å². The number of benzene rings is 2. The molecule has 0 fully saturated rings. The zero-order chi connectivity index (χ0) is 15.5. The van der Waals surface area contributed by atoms with Crippen LogP contribution in [0.4, 0.5) is 5.69 Å². The first kappa shape index (κ1) is 14.4. The van der Waals surface area contributed by atoms with Crippen LogP contribution in [0.25, 0.3) is 0 Å². The predicted molar refractivity (Wildman–Crippen MR) is 84.3 cm³/mol. The van der Waals surface area contributed by atoms with Gasteiger partial charge in [-0.15, -0.1) is 0 Å². The number of rotatable bonds is 4. The van der Waals surface area contributed by atoms with E-state index in [2.05, 4.69) is 5.32 Å². The van der Waals surface area contributed by atoms with Crippen molar-refractivity contribution in [3.8, 4) is 23.0 Å². The Balaban J connectivity index is 1.80. The Morgan fingerprint density at radius 1 is 1.18 bits per heavy atom. The summed E-state index contributed by atoms with van der Waals surface area (Å²) in [6, 6.07) is 10.8. The van der Waals surface area contributed by atoms with Crippen LogP contribution in [0.1, 0.15) is 5.56 Å². The Kier molecular flexibility index (Phi) is 3.96. The highest BCUT2D eigenvalue weighted by atomic mass is 16.5. The van der Waals surface area contributed by atoms with Gasteiger partial charge in [0.25, 0.3) is 0 Å². The Morgan fingerprint density at radius 3 is 2.82 bits per heavy atom. The van der Waals surface area contributed by atoms with E-state index >= 15 is 0 Å². The lowest BCUT2D eigenvalue weighted by Gasteiger charge is -2.28. The van der Waals surface area contributed by atoms with E-state index in [0.717, 1.165) is 22.7 Å². The predicted octanol–water partition coefficient (Wildman–Crippen LogP) is 2.83. The monoisotopic (exact) mass is 301 g/mol. The van der Waals surface area contributed by atoms with E-state index in [9.17, 15) is 5.11 Å². The van der Waals surface area contributed by atoms with Crippen LogP contribution in [-0.4, -0.2) is 32.0 Å². The molecule has 1 unspecified atom stereocenters. The average Bonchev–Trinajstić information content (AvgIpc) is 2.54. The molecule has 0 saturated heterocycles. The highest BCUT2D eigenvalue weighted by Crippen LogP contribution is 2.34. The highest BCUT2D eigenvalue weighted by molar-refractivity contribution is 5.60. The molecule has 22 heavy (non-hydrogen) atoms. The van der Waals surface area contributed by atoms with Crippen LogP contribution in [0.2, 0.25) is 0 Å². The van der Waals surface area contributed by atoms with Gasteiger partial charge in [-0.25, -0.2) is 0 Å². The van der Waals surface area contributed by atoms with E-state index in [0.29, 0.717) is 18.7 Å². The molecule has 0 spiro atoms. The topological polar surface area (TPSA) is 60.0 Å². The van der Waals surface area contributed by atoms with Gasteiger partial charge in [-0.3, -0.25) is 0 Å². The van der Waals surface area contributed by atoms with Gasteiger partial charge in [0.2, 0.25) is 0 Å². The van der Waals surface area contributed by atoms with Crippen molar-refractivity contribution in [1.29, 1.82) is 0 Å². The number of methoxy groups -OCH3 is 2. The van der Waals surface area contributed by atoms with Gasteiger partial charge in [0.1, 0.15) is 29.1 Å². The van der Waals surface area contributed by atoms with Gasteiger partial charge in [-0.1, -0.05) is 0 Å². The van der Waals surface area contributed by atoms with E-state index in [4.69, 9.17) is 14.2 Å². The van der Waals surface area contributed by atoms with Crippen LogP contribution in [-0.2, 0) is 6.42 Å². The van der Waals surface area contributed by atoms with Crippen molar-refractivity contribution in [2.24, 2.45) is 0 Å². The molecule has 1 heterocycles. The fraction of sp³-hybridized carbons (Fsp3) is 0.294. The van der Waals surface area contributed by atoms with Crippen LogP contribution in [0, 0.1) is 0 Å². The van der Waals surface area contributed by atoms with Crippen molar-refractivity contribution in [3.63, 3.8) is 0 Å². The summed E-state index contributed by atoms with van der Waals surface area (Å²) < 4.78 is 16.6. The van der Waals surface area contributed by atoms with E-state index < -0.39 is 0 Å². The van der Waals surface area contributed by atoms with Crippen molar-refractivity contribution >= 4 is 5.69 Å². The number of ether oxygens (including phenoxy) is 3. The fourth-order valence-electron chi connectivity index (χ4n) is 2.60. The molecule has 0 amide bonds. The largest absolute Gasteiger partial charge is 0.508 e. The Hall–Kier alpha value is -2.56. The van der Waals surface area contributed by atoms with Crippen LogP contribution in [0.5, 0.6) is 23.0 Å². The lowest BCUT2D eigenvalue weighted by molar-refractivity contribution is 0.204. The molecule has 0 saturated carbocycles. The second kappa shape index (κ2) is 6.05. The van der Waals surface area contributed by atoms with Crippen molar-refractivity contribution in [1.82, 2.24) is 0 Å². The van der Waals surface area contributed by atoms with Gasteiger partial charge in [0, 0.05) is 18.1 Å². The molecule has 1 atom stereocenters. The third-order valence-corrected chi connectivity index (χ3v) is 3.71. The molecule has 0 radical (unpaired) electrons. The third-order valence-electron chi connectivity index (χ3n) is 3.71. The third kappa shape index (κ3) is 2.88. The zero-order valence-electron chi connectivity index (χ0n) is 12.6. The second-order valence-electron chi connectivity index (χ2n) is 5.18. The summed E-state index contributed by atoms with van der Waals surface area (Å²) >= 11 is 0. The average molecular weight is 301 g/mol. The second-order valence-corrected chi connectivity index (χ2v) is 5.18. The molecule has 5 nitrogen and oxygen atoms in total. The first-order valence-corrected chi connectivity index (χ1v) is 7.14. The normalized spacial score (nSPS) is 16.2. The standard InChI is InChI=1S/C17H19NO4/c1-20-13-4-6-16(21-2)11(7-13)8-14-10-18-15-5-3-12(19)9-17(15)22-14/h3-7,9,14,18-19H,8,10H2,1-2H3. The van der Waals surface area contributed by atoms with Crippen LogP contribution >= 0.6 is 0 Å². The Morgan fingerprint density at radius 2 is 2.05 bits per heavy atom. The van der Waals surface area contributed by atoms with Gasteiger partial charge in [0.05, 0.1) is 26.5 Å². The fourth-order valence-corrected chi connectivity index (χ4v) is 2.60. The lowest BCUT2D eigenvalue weighted by atomic mass is 10.0. The zero-order valence-corrected chi connectivity index (χ0v) is 12.6. The number of phenols is 1. The summed E-state index contributed by atoms with van der Waals surface area (Å²) in [5.41, 5.74) is 1.92. The minimum absolute atomic E-state index is 0.0460. The molecule has 0 aromatic heterocycles. The quantitative estimate of drug-likeness (QED) is 0.850. The van der Waals surface area contributed by atoms with Gasteiger partial charge >= 0.3 is 0 Å². The minimum Gasteiger partial charge on any atom is -0.508 e. The summed E-state index contributed by atoms with van der Waals surface area (Å²) in [7, 11) is 3.29. The maximum Gasteiger partial charge on any atom is 0.146 e. The molecule has 0 aliphatic carbocycles. The van der Waals surface area contributed by atoms with Gasteiger partial charge in [-0.2, -0.15) is 0 Å². The van der Waals surface area contributed by atoms with Crippen molar-refractivity contribution in [2.45, 2.75) is 12.5 Å². The number of nitrogens with one attached hydrogen (secondary N) is 1. The molecule has 1 aliphatic rings. The summed E-state index contributed by atoms with van der Waals surface area (Å²) in [6.07, 6.45) is 0.637. The first-order chi connectivity index (χ1) is 10.7. The molecule has 1 aliphatic heterocycles. The number of anilines is 1. The number of hydrogen-bond acceptors (Lipinski definition) is 5.